The number of rotatable bonds is 6. The molecular weight excluding hydrogens is 304 g/mol. The Morgan fingerprint density at radius 1 is 1.17 bits per heavy atom. The zero-order valence-electron chi connectivity index (χ0n) is 13.8. The predicted octanol–water partition coefficient (Wildman–Crippen LogP) is 3.51. The van der Waals surface area contributed by atoms with Gasteiger partial charge >= 0.3 is 6.09 Å². The first-order valence-corrected chi connectivity index (χ1v) is 7.45. The highest BCUT2D eigenvalue weighted by molar-refractivity contribution is 5.87. The number of carbonyl (C=O) groups excluding carboxylic acids is 1. The first-order valence-electron chi connectivity index (χ1n) is 7.45. The Hall–Kier alpha value is -3.13. The van der Waals surface area contributed by atoms with Gasteiger partial charge in [0, 0.05) is 25.0 Å². The van der Waals surface area contributed by atoms with E-state index in [4.69, 9.17) is 11.2 Å². The Morgan fingerprint density at radius 2 is 1.83 bits per heavy atom. The lowest BCUT2D eigenvalue weighted by atomic mass is 10.2. The third-order valence-corrected chi connectivity index (χ3v) is 3.45. The van der Waals surface area contributed by atoms with Gasteiger partial charge < -0.3 is 14.8 Å². The molecule has 0 aliphatic carbocycles. The number of hydrogen-bond donors (Lipinski definition) is 1. The number of ether oxygens (including phenoxy) is 2. The van der Waals surface area contributed by atoms with Crippen molar-refractivity contribution in [2.24, 2.45) is 0 Å². The molecule has 0 aliphatic heterocycles. The van der Waals surface area contributed by atoms with Gasteiger partial charge in [-0.15, -0.1) is 6.42 Å². The van der Waals surface area contributed by atoms with Crippen LogP contribution in [0.5, 0.6) is 5.75 Å². The molecule has 1 amide bonds. The molecule has 0 atom stereocenters. The summed E-state index contributed by atoms with van der Waals surface area (Å²) in [7, 11) is 3.02. The Balaban J connectivity index is 1.90. The van der Waals surface area contributed by atoms with Gasteiger partial charge in [-0.3, -0.25) is 4.90 Å². The molecule has 0 bridgehead atoms. The van der Waals surface area contributed by atoms with E-state index in [1.807, 2.05) is 48.5 Å². The average molecular weight is 324 g/mol. The summed E-state index contributed by atoms with van der Waals surface area (Å²) in [4.78, 5) is 12.9. The van der Waals surface area contributed by atoms with Crippen molar-refractivity contribution in [1.82, 2.24) is 0 Å². The number of anilines is 2. The molecule has 0 saturated carbocycles. The lowest BCUT2D eigenvalue weighted by Gasteiger charge is -2.16. The summed E-state index contributed by atoms with van der Waals surface area (Å²) in [5, 5.41) is 3.33. The summed E-state index contributed by atoms with van der Waals surface area (Å²) in [6.45, 7) is 0.950. The lowest BCUT2D eigenvalue weighted by molar-refractivity contribution is 0.180. The maximum Gasteiger partial charge on any atom is 0.413 e. The molecular formula is C19H20N2O3. The van der Waals surface area contributed by atoms with E-state index in [2.05, 4.69) is 16.0 Å². The Bertz CT molecular complexity index is 703. The summed E-state index contributed by atoms with van der Waals surface area (Å²) in [5.74, 6) is 3.19. The minimum absolute atomic E-state index is 0.268. The van der Waals surface area contributed by atoms with Crippen molar-refractivity contribution in [3.63, 3.8) is 0 Å². The Kier molecular flexibility index (Phi) is 6.09. The van der Waals surface area contributed by atoms with Crippen molar-refractivity contribution in [1.29, 1.82) is 0 Å². The van der Waals surface area contributed by atoms with Crippen molar-refractivity contribution in [2.75, 3.05) is 31.0 Å². The molecule has 0 unspecified atom stereocenters. The van der Waals surface area contributed by atoms with Gasteiger partial charge in [0.15, 0.2) is 0 Å². The molecule has 0 aliphatic rings. The second-order valence-corrected chi connectivity index (χ2v) is 5.07. The van der Waals surface area contributed by atoms with E-state index in [9.17, 15) is 4.79 Å². The summed E-state index contributed by atoms with van der Waals surface area (Å²) in [6, 6.07) is 15.3. The maximum atomic E-state index is 11.5. The third-order valence-electron chi connectivity index (χ3n) is 3.45. The van der Waals surface area contributed by atoms with Crippen LogP contribution in [0.1, 0.15) is 5.56 Å². The highest BCUT2D eigenvalue weighted by atomic mass is 16.5. The lowest BCUT2D eigenvalue weighted by Crippen LogP contribution is -2.25. The molecule has 2 aromatic rings. The van der Waals surface area contributed by atoms with Crippen molar-refractivity contribution in [3.8, 4) is 18.1 Å². The van der Waals surface area contributed by atoms with Crippen LogP contribution in [-0.4, -0.2) is 26.9 Å². The fraction of sp³-hybridized carbons (Fsp3) is 0.211. The molecule has 0 saturated heterocycles. The van der Waals surface area contributed by atoms with E-state index in [0.717, 1.165) is 22.7 Å². The molecule has 0 fully saturated rings. The highest BCUT2D eigenvalue weighted by Crippen LogP contribution is 2.19. The van der Waals surface area contributed by atoms with Crippen molar-refractivity contribution in [2.45, 2.75) is 6.54 Å². The Labute approximate surface area is 142 Å². The normalized spacial score (nSPS) is 9.71. The van der Waals surface area contributed by atoms with Crippen LogP contribution in [0.15, 0.2) is 48.5 Å². The standard InChI is InChI=1S/C19H20N2O3/c1-4-13-24-18-11-5-15(6-12-18)14-20-16-7-9-17(10-8-16)21(2)19(22)23-3/h1,5-12,20H,13-14H2,2-3H3. The second-order valence-electron chi connectivity index (χ2n) is 5.07. The van der Waals surface area contributed by atoms with E-state index in [-0.39, 0.29) is 6.61 Å². The number of benzene rings is 2. The van der Waals surface area contributed by atoms with Gasteiger partial charge in [0.25, 0.3) is 0 Å². The highest BCUT2D eigenvalue weighted by Gasteiger charge is 2.09. The maximum absolute atomic E-state index is 11.5. The number of nitrogens with one attached hydrogen (secondary N) is 1. The van der Waals surface area contributed by atoms with Gasteiger partial charge in [0.1, 0.15) is 12.4 Å². The van der Waals surface area contributed by atoms with Crippen LogP contribution < -0.4 is 15.0 Å². The monoisotopic (exact) mass is 324 g/mol. The van der Waals surface area contributed by atoms with E-state index in [0.29, 0.717) is 6.54 Å². The summed E-state index contributed by atoms with van der Waals surface area (Å²) in [6.07, 6.45) is 4.76. The first kappa shape index (κ1) is 17.2. The van der Waals surface area contributed by atoms with Crippen LogP contribution in [-0.2, 0) is 11.3 Å². The molecule has 5 nitrogen and oxygen atoms in total. The molecule has 2 rings (SSSR count). The van der Waals surface area contributed by atoms with E-state index in [1.54, 1.807) is 7.05 Å². The molecule has 5 heteroatoms. The number of carbonyl (C=O) groups is 1. The van der Waals surface area contributed by atoms with Crippen LogP contribution >= 0.6 is 0 Å². The average Bonchev–Trinajstić information content (AvgIpc) is 2.64. The van der Waals surface area contributed by atoms with Crippen molar-refractivity contribution >= 4 is 17.5 Å². The molecule has 0 heterocycles. The summed E-state index contributed by atoms with van der Waals surface area (Å²) >= 11 is 0. The fourth-order valence-corrected chi connectivity index (χ4v) is 2.08. The molecule has 0 spiro atoms. The van der Waals surface area contributed by atoms with Crippen LogP contribution in [0, 0.1) is 12.3 Å². The van der Waals surface area contributed by atoms with Crippen LogP contribution in [0.2, 0.25) is 0 Å². The number of terminal acetylenes is 1. The predicted molar refractivity (Wildman–Crippen MR) is 95.3 cm³/mol. The number of nitrogens with zero attached hydrogens (tertiary/aromatic N) is 1. The smallest absolute Gasteiger partial charge is 0.413 e. The molecule has 2 aromatic carbocycles. The van der Waals surface area contributed by atoms with Gasteiger partial charge in [-0.2, -0.15) is 0 Å². The molecule has 0 aromatic heterocycles. The van der Waals surface area contributed by atoms with Gasteiger partial charge in [-0.25, -0.2) is 4.79 Å². The zero-order chi connectivity index (χ0) is 17.4. The molecule has 0 radical (unpaired) electrons. The van der Waals surface area contributed by atoms with E-state index < -0.39 is 6.09 Å². The first-order chi connectivity index (χ1) is 11.6. The summed E-state index contributed by atoms with van der Waals surface area (Å²) < 4.78 is 10.0. The topological polar surface area (TPSA) is 50.8 Å². The largest absolute Gasteiger partial charge is 0.481 e. The SMILES string of the molecule is C#CCOc1ccc(CNc2ccc(N(C)C(=O)OC)cc2)cc1. The number of methoxy groups -OCH3 is 1. The quantitative estimate of drug-likeness (QED) is 0.826. The Morgan fingerprint density at radius 3 is 2.42 bits per heavy atom. The van der Waals surface area contributed by atoms with E-state index >= 15 is 0 Å². The van der Waals surface area contributed by atoms with Crippen molar-refractivity contribution < 1.29 is 14.3 Å². The molecule has 24 heavy (non-hydrogen) atoms. The third kappa shape index (κ3) is 4.68. The van der Waals surface area contributed by atoms with Gasteiger partial charge in [-0.05, 0) is 42.0 Å². The van der Waals surface area contributed by atoms with Crippen molar-refractivity contribution in [3.05, 3.63) is 54.1 Å². The number of amides is 1. The molecule has 124 valence electrons. The fourth-order valence-electron chi connectivity index (χ4n) is 2.08. The van der Waals surface area contributed by atoms with Crippen LogP contribution in [0.25, 0.3) is 0 Å². The zero-order valence-corrected chi connectivity index (χ0v) is 13.8. The minimum atomic E-state index is -0.400. The van der Waals surface area contributed by atoms with Gasteiger partial charge in [0.05, 0.1) is 7.11 Å². The minimum Gasteiger partial charge on any atom is -0.481 e. The number of hydrogen-bond acceptors (Lipinski definition) is 4. The second kappa shape index (κ2) is 8.49. The summed E-state index contributed by atoms with van der Waals surface area (Å²) in [5.41, 5.74) is 2.85. The van der Waals surface area contributed by atoms with E-state index in [1.165, 1.54) is 12.0 Å². The molecule has 1 N–H and O–H groups in total. The van der Waals surface area contributed by atoms with Gasteiger partial charge in [0.2, 0.25) is 0 Å². The van der Waals surface area contributed by atoms with Gasteiger partial charge in [-0.1, -0.05) is 18.1 Å². The van der Waals surface area contributed by atoms with Crippen LogP contribution in [0.4, 0.5) is 16.2 Å². The van der Waals surface area contributed by atoms with Crippen LogP contribution in [0.3, 0.4) is 0 Å².